The molecule has 1 aromatic heterocycles. The van der Waals surface area contributed by atoms with Crippen molar-refractivity contribution in [3.05, 3.63) is 51.7 Å². The highest BCUT2D eigenvalue weighted by molar-refractivity contribution is 7.14. The van der Waals surface area contributed by atoms with Gasteiger partial charge in [-0.3, -0.25) is 4.79 Å². The quantitative estimate of drug-likeness (QED) is 0.783. The summed E-state index contributed by atoms with van der Waals surface area (Å²) in [4.78, 5) is 17.0. The molecule has 1 aliphatic heterocycles. The number of benzene rings is 1. The number of thiophene rings is 1. The van der Waals surface area contributed by atoms with Crippen LogP contribution < -0.4 is 4.90 Å². The van der Waals surface area contributed by atoms with Crippen molar-refractivity contribution in [3.63, 3.8) is 0 Å². The van der Waals surface area contributed by atoms with E-state index < -0.39 is 0 Å². The van der Waals surface area contributed by atoms with E-state index in [0.29, 0.717) is 12.6 Å². The number of nitrogens with zero attached hydrogens (tertiary/aromatic N) is 1. The van der Waals surface area contributed by atoms with E-state index in [-0.39, 0.29) is 5.78 Å². The number of Topliss-reactive ketones (excluding diaryl/α,β-unsaturated/α-hetero) is 1. The summed E-state index contributed by atoms with van der Waals surface area (Å²) in [6.07, 6.45) is 3.23. The molecular formula is C18H21NOS. The van der Waals surface area contributed by atoms with E-state index in [4.69, 9.17) is 0 Å². The van der Waals surface area contributed by atoms with E-state index >= 15 is 0 Å². The summed E-state index contributed by atoms with van der Waals surface area (Å²) >= 11 is 1.64. The minimum Gasteiger partial charge on any atom is -0.361 e. The van der Waals surface area contributed by atoms with Crippen LogP contribution in [-0.2, 0) is 12.8 Å². The molecule has 0 N–H and O–H groups in total. The van der Waals surface area contributed by atoms with E-state index in [1.165, 1.54) is 16.1 Å². The lowest BCUT2D eigenvalue weighted by Gasteiger charge is -2.36. The third-order valence-electron chi connectivity index (χ3n) is 4.26. The zero-order valence-electron chi connectivity index (χ0n) is 12.6. The lowest BCUT2D eigenvalue weighted by molar-refractivity contribution is 0.1000. The molecule has 0 amide bonds. The van der Waals surface area contributed by atoms with Gasteiger partial charge in [-0.15, -0.1) is 11.3 Å². The van der Waals surface area contributed by atoms with Gasteiger partial charge in [0.05, 0.1) is 11.4 Å². The smallest absolute Gasteiger partial charge is 0.191 e. The largest absolute Gasteiger partial charge is 0.361 e. The zero-order valence-corrected chi connectivity index (χ0v) is 13.5. The van der Waals surface area contributed by atoms with Crippen molar-refractivity contribution in [2.75, 3.05) is 11.4 Å². The molecule has 2 heterocycles. The van der Waals surface area contributed by atoms with Crippen LogP contribution in [-0.4, -0.2) is 18.4 Å². The fraction of sp³-hybridized carbons (Fsp3) is 0.389. The highest BCUT2D eigenvalue weighted by atomic mass is 32.1. The van der Waals surface area contributed by atoms with Crippen molar-refractivity contribution in [2.45, 2.75) is 39.2 Å². The third-order valence-corrected chi connectivity index (χ3v) is 5.53. The molecule has 1 atom stereocenters. The molecular weight excluding hydrogens is 278 g/mol. The summed E-state index contributed by atoms with van der Waals surface area (Å²) in [6.45, 7) is 4.83. The van der Waals surface area contributed by atoms with Gasteiger partial charge in [0, 0.05) is 16.6 Å². The maximum Gasteiger partial charge on any atom is 0.191 e. The van der Waals surface area contributed by atoms with Crippen LogP contribution in [0.3, 0.4) is 0 Å². The predicted molar refractivity (Wildman–Crippen MR) is 89.6 cm³/mol. The van der Waals surface area contributed by atoms with Gasteiger partial charge in [0.25, 0.3) is 0 Å². The Morgan fingerprint density at radius 2 is 2.10 bits per heavy atom. The van der Waals surface area contributed by atoms with Crippen LogP contribution in [0.1, 0.15) is 40.4 Å². The Morgan fingerprint density at radius 3 is 2.86 bits per heavy atom. The molecule has 3 heteroatoms. The molecule has 0 radical (unpaired) electrons. The first kappa shape index (κ1) is 14.3. The summed E-state index contributed by atoms with van der Waals surface area (Å²) < 4.78 is 0. The molecule has 2 aromatic rings. The number of hydrogen-bond donors (Lipinski definition) is 0. The second kappa shape index (κ2) is 6.02. The molecule has 0 aliphatic carbocycles. The van der Waals surface area contributed by atoms with Gasteiger partial charge in [-0.25, -0.2) is 0 Å². The van der Waals surface area contributed by atoms with Crippen molar-refractivity contribution in [2.24, 2.45) is 0 Å². The zero-order chi connectivity index (χ0) is 14.8. The Bertz CT molecular complexity index is 646. The summed E-state index contributed by atoms with van der Waals surface area (Å²) in [6, 6.07) is 13.0. The van der Waals surface area contributed by atoms with Gasteiger partial charge in [0.1, 0.15) is 0 Å². The Kier molecular flexibility index (Phi) is 4.11. The average molecular weight is 299 g/mol. The highest BCUT2D eigenvalue weighted by Gasteiger charge is 2.25. The molecule has 2 nitrogen and oxygen atoms in total. The van der Waals surface area contributed by atoms with Gasteiger partial charge >= 0.3 is 0 Å². The fourth-order valence-corrected chi connectivity index (χ4v) is 3.83. The number of para-hydroxylation sites is 1. The van der Waals surface area contributed by atoms with E-state index in [1.54, 1.807) is 11.3 Å². The van der Waals surface area contributed by atoms with Crippen molar-refractivity contribution in [3.8, 4) is 0 Å². The van der Waals surface area contributed by atoms with Gasteiger partial charge in [0.15, 0.2) is 5.78 Å². The van der Waals surface area contributed by atoms with Crippen LogP contribution in [0.5, 0.6) is 0 Å². The fourth-order valence-electron chi connectivity index (χ4n) is 2.95. The van der Waals surface area contributed by atoms with E-state index in [0.717, 1.165) is 24.1 Å². The molecule has 0 spiro atoms. The number of anilines is 1. The van der Waals surface area contributed by atoms with Crippen molar-refractivity contribution in [1.29, 1.82) is 0 Å². The van der Waals surface area contributed by atoms with Crippen LogP contribution in [0.2, 0.25) is 0 Å². The maximum absolute atomic E-state index is 12.6. The highest BCUT2D eigenvalue weighted by Crippen LogP contribution is 2.30. The first-order chi connectivity index (χ1) is 10.2. The number of carbonyl (C=O) groups excluding carboxylic acids is 1. The number of aryl methyl sites for hydroxylation is 2. The normalized spacial score (nSPS) is 17.6. The number of carbonyl (C=O) groups is 1. The summed E-state index contributed by atoms with van der Waals surface area (Å²) in [5.41, 5.74) is 2.60. The molecule has 110 valence electrons. The molecule has 1 unspecified atom stereocenters. The van der Waals surface area contributed by atoms with Crippen LogP contribution in [0, 0.1) is 0 Å². The Labute approximate surface area is 130 Å². The Morgan fingerprint density at radius 1 is 1.29 bits per heavy atom. The lowest BCUT2D eigenvalue weighted by Crippen LogP contribution is -2.40. The van der Waals surface area contributed by atoms with Gasteiger partial charge < -0.3 is 4.90 Å². The molecule has 1 aromatic carbocycles. The van der Waals surface area contributed by atoms with E-state index in [2.05, 4.69) is 49.1 Å². The Hall–Kier alpha value is -1.61. The predicted octanol–water partition coefficient (Wildman–Crippen LogP) is 4.33. The SMILES string of the molecule is CCc1ccc(C(=O)CN2c3ccccc3CCC2C)s1. The van der Waals surface area contributed by atoms with Crippen LogP contribution in [0.15, 0.2) is 36.4 Å². The molecule has 1 aliphatic rings. The van der Waals surface area contributed by atoms with Crippen LogP contribution >= 0.6 is 11.3 Å². The maximum atomic E-state index is 12.6. The van der Waals surface area contributed by atoms with Crippen molar-refractivity contribution < 1.29 is 4.79 Å². The molecule has 0 saturated heterocycles. The molecule has 0 saturated carbocycles. The van der Waals surface area contributed by atoms with E-state index in [9.17, 15) is 4.79 Å². The summed E-state index contributed by atoms with van der Waals surface area (Å²) in [5.74, 6) is 0.239. The number of ketones is 1. The Balaban J connectivity index is 1.82. The van der Waals surface area contributed by atoms with Crippen molar-refractivity contribution >= 4 is 22.8 Å². The standard InChI is InChI=1S/C18H21NOS/c1-3-15-10-11-18(21-15)17(20)12-19-13(2)8-9-14-6-4-5-7-16(14)19/h4-7,10-11,13H,3,8-9,12H2,1-2H3. The third kappa shape index (κ3) is 2.88. The molecule has 3 rings (SSSR count). The van der Waals surface area contributed by atoms with E-state index in [1.807, 2.05) is 6.07 Å². The summed E-state index contributed by atoms with van der Waals surface area (Å²) in [5, 5.41) is 0. The lowest BCUT2D eigenvalue weighted by atomic mass is 9.96. The molecule has 0 bridgehead atoms. The second-order valence-electron chi connectivity index (χ2n) is 5.69. The van der Waals surface area contributed by atoms with Gasteiger partial charge in [-0.1, -0.05) is 25.1 Å². The average Bonchev–Trinajstić information content (AvgIpc) is 2.99. The monoisotopic (exact) mass is 299 g/mol. The van der Waals surface area contributed by atoms with Gasteiger partial charge in [-0.05, 0) is 49.9 Å². The number of hydrogen-bond acceptors (Lipinski definition) is 3. The molecule has 21 heavy (non-hydrogen) atoms. The van der Waals surface area contributed by atoms with Gasteiger partial charge in [0.2, 0.25) is 0 Å². The summed E-state index contributed by atoms with van der Waals surface area (Å²) in [7, 11) is 0. The first-order valence-electron chi connectivity index (χ1n) is 7.65. The number of fused-ring (bicyclic) bond motifs is 1. The van der Waals surface area contributed by atoms with Crippen LogP contribution in [0.25, 0.3) is 0 Å². The topological polar surface area (TPSA) is 20.3 Å². The van der Waals surface area contributed by atoms with Crippen LogP contribution in [0.4, 0.5) is 5.69 Å². The second-order valence-corrected chi connectivity index (χ2v) is 6.86. The minimum atomic E-state index is 0.239. The first-order valence-corrected chi connectivity index (χ1v) is 8.47. The van der Waals surface area contributed by atoms with Gasteiger partial charge in [-0.2, -0.15) is 0 Å². The van der Waals surface area contributed by atoms with Crippen molar-refractivity contribution in [1.82, 2.24) is 0 Å². The number of rotatable bonds is 4. The molecule has 0 fully saturated rings. The minimum absolute atomic E-state index is 0.239.